The summed E-state index contributed by atoms with van der Waals surface area (Å²) < 4.78 is 11.8. The van der Waals surface area contributed by atoms with Gasteiger partial charge in [0.2, 0.25) is 0 Å². The van der Waals surface area contributed by atoms with Gasteiger partial charge in [0, 0.05) is 24.1 Å². The molecule has 0 radical (unpaired) electrons. The van der Waals surface area contributed by atoms with Gasteiger partial charge in [-0.15, -0.1) is 0 Å². The summed E-state index contributed by atoms with van der Waals surface area (Å²) in [5, 5.41) is 12.6. The van der Waals surface area contributed by atoms with Crippen LogP contribution >= 0.6 is 0 Å². The third-order valence-corrected chi connectivity index (χ3v) is 4.70. The molecule has 0 unspecified atom stereocenters. The highest BCUT2D eigenvalue weighted by Crippen LogP contribution is 2.39. The van der Waals surface area contributed by atoms with E-state index in [1.807, 2.05) is 30.3 Å². The first-order valence-corrected chi connectivity index (χ1v) is 8.84. The Balaban J connectivity index is 1.43. The molecule has 0 spiro atoms. The van der Waals surface area contributed by atoms with E-state index in [0.717, 1.165) is 29.2 Å². The van der Waals surface area contributed by atoms with Crippen LogP contribution in [0.1, 0.15) is 36.4 Å². The third kappa shape index (κ3) is 4.08. The van der Waals surface area contributed by atoms with Crippen molar-refractivity contribution >= 4 is 5.82 Å². The number of nitrogens with one attached hydrogen (secondary N) is 1. The molecule has 2 aliphatic rings. The van der Waals surface area contributed by atoms with E-state index in [9.17, 15) is 0 Å². The lowest BCUT2D eigenvalue weighted by Crippen LogP contribution is -2.45. The van der Waals surface area contributed by atoms with E-state index in [0.29, 0.717) is 19.1 Å². The van der Waals surface area contributed by atoms with Crippen LogP contribution in [0.5, 0.6) is 5.75 Å². The van der Waals surface area contributed by atoms with Crippen molar-refractivity contribution in [3.8, 4) is 5.75 Å². The maximum Gasteiger partial charge on any atom is 0.130 e. The molecule has 132 valence electrons. The van der Waals surface area contributed by atoms with Crippen LogP contribution in [0, 0.1) is 0 Å². The van der Waals surface area contributed by atoms with Crippen LogP contribution in [0.3, 0.4) is 0 Å². The minimum Gasteiger partial charge on any atom is -0.488 e. The van der Waals surface area contributed by atoms with Crippen LogP contribution in [-0.2, 0) is 11.3 Å². The van der Waals surface area contributed by atoms with E-state index >= 15 is 0 Å². The molecule has 1 aliphatic carbocycles. The second-order valence-corrected chi connectivity index (χ2v) is 6.68. The van der Waals surface area contributed by atoms with E-state index in [1.165, 1.54) is 12.8 Å². The molecule has 2 atom stereocenters. The molecular formula is C19H23N3O3. The molecule has 0 amide bonds. The minimum absolute atomic E-state index is 0.00747. The molecule has 2 N–H and O–H groups in total. The summed E-state index contributed by atoms with van der Waals surface area (Å²) in [7, 11) is 0. The van der Waals surface area contributed by atoms with Crippen LogP contribution in [0.25, 0.3) is 0 Å². The van der Waals surface area contributed by atoms with Crippen molar-refractivity contribution in [3.63, 3.8) is 0 Å². The van der Waals surface area contributed by atoms with Crippen LogP contribution in [-0.4, -0.2) is 40.4 Å². The fraction of sp³-hybridized carbons (Fsp3) is 0.474. The average molecular weight is 341 g/mol. The summed E-state index contributed by atoms with van der Waals surface area (Å²) in [6.07, 6.45) is 4.90. The summed E-state index contributed by atoms with van der Waals surface area (Å²) in [5.41, 5.74) is 1.99. The summed E-state index contributed by atoms with van der Waals surface area (Å²) in [5.74, 6) is 2.23. The second kappa shape index (κ2) is 7.37. The van der Waals surface area contributed by atoms with E-state index in [-0.39, 0.29) is 18.8 Å². The number of aliphatic hydroxyl groups excluding tert-OH is 1. The highest BCUT2D eigenvalue weighted by Gasteiger charge is 2.29. The highest BCUT2D eigenvalue weighted by molar-refractivity contribution is 5.38. The van der Waals surface area contributed by atoms with Crippen LogP contribution < -0.4 is 10.1 Å². The lowest BCUT2D eigenvalue weighted by Gasteiger charge is -2.32. The zero-order valence-corrected chi connectivity index (χ0v) is 14.1. The number of hydrogen-bond acceptors (Lipinski definition) is 6. The Hall–Kier alpha value is -2.18. The third-order valence-electron chi connectivity index (χ3n) is 4.70. The van der Waals surface area contributed by atoms with E-state index in [4.69, 9.17) is 14.6 Å². The normalized spacial score (nSPS) is 23.2. The molecule has 1 aromatic carbocycles. The van der Waals surface area contributed by atoms with Crippen LogP contribution in [0.4, 0.5) is 5.82 Å². The molecule has 1 aromatic heterocycles. The minimum atomic E-state index is 0.00747. The zero-order chi connectivity index (χ0) is 17.1. The molecule has 4 rings (SSSR count). The van der Waals surface area contributed by atoms with Gasteiger partial charge in [0.15, 0.2) is 0 Å². The first-order valence-electron chi connectivity index (χ1n) is 8.84. The van der Waals surface area contributed by atoms with E-state index in [2.05, 4.69) is 15.3 Å². The van der Waals surface area contributed by atoms with Gasteiger partial charge in [0.25, 0.3) is 0 Å². The summed E-state index contributed by atoms with van der Waals surface area (Å²) in [6, 6.07) is 9.63. The van der Waals surface area contributed by atoms with E-state index in [1.54, 1.807) is 6.33 Å². The van der Waals surface area contributed by atoms with Gasteiger partial charge < -0.3 is 19.9 Å². The Morgan fingerprint density at radius 2 is 2.00 bits per heavy atom. The monoisotopic (exact) mass is 341 g/mol. The van der Waals surface area contributed by atoms with Gasteiger partial charge >= 0.3 is 0 Å². The maximum atomic E-state index is 9.14. The average Bonchev–Trinajstić information content (AvgIpc) is 3.50. The van der Waals surface area contributed by atoms with Crippen LogP contribution in [0.2, 0.25) is 0 Å². The molecule has 6 nitrogen and oxygen atoms in total. The molecule has 0 bridgehead atoms. The SMILES string of the molecule is OCc1ccc(O[C@@H]2CCOC[C@H]2Nc2cc(C3CC3)ncn2)cc1. The van der Waals surface area contributed by atoms with Gasteiger partial charge in [-0.3, -0.25) is 0 Å². The molecular weight excluding hydrogens is 318 g/mol. The van der Waals surface area contributed by atoms with Crippen molar-refractivity contribution in [1.29, 1.82) is 0 Å². The maximum absolute atomic E-state index is 9.14. The zero-order valence-electron chi connectivity index (χ0n) is 14.1. The number of anilines is 1. The van der Waals surface area contributed by atoms with Crippen molar-refractivity contribution in [2.75, 3.05) is 18.5 Å². The fourth-order valence-electron chi connectivity index (χ4n) is 3.09. The lowest BCUT2D eigenvalue weighted by molar-refractivity contribution is 0.0146. The number of benzene rings is 1. The first kappa shape index (κ1) is 16.3. The molecule has 2 fully saturated rings. The number of rotatable bonds is 6. The van der Waals surface area contributed by atoms with Crippen LogP contribution in [0.15, 0.2) is 36.7 Å². The molecule has 1 saturated carbocycles. The smallest absolute Gasteiger partial charge is 0.130 e. The van der Waals surface area contributed by atoms with Crippen molar-refractivity contribution in [1.82, 2.24) is 9.97 Å². The Morgan fingerprint density at radius 3 is 2.76 bits per heavy atom. The van der Waals surface area contributed by atoms with Gasteiger partial charge in [-0.25, -0.2) is 9.97 Å². The number of aliphatic hydroxyl groups is 1. The molecule has 1 saturated heterocycles. The van der Waals surface area contributed by atoms with Crippen molar-refractivity contribution in [3.05, 3.63) is 47.9 Å². The first-order chi connectivity index (χ1) is 12.3. The molecule has 1 aliphatic heterocycles. The number of nitrogens with zero attached hydrogens (tertiary/aromatic N) is 2. The predicted molar refractivity (Wildman–Crippen MR) is 93.6 cm³/mol. The quantitative estimate of drug-likeness (QED) is 0.841. The molecule has 6 heteroatoms. The molecule has 25 heavy (non-hydrogen) atoms. The Bertz CT molecular complexity index is 703. The number of ether oxygens (including phenoxy) is 2. The second-order valence-electron chi connectivity index (χ2n) is 6.68. The summed E-state index contributed by atoms with van der Waals surface area (Å²) in [4.78, 5) is 8.71. The Morgan fingerprint density at radius 1 is 1.16 bits per heavy atom. The van der Waals surface area contributed by atoms with Crippen molar-refractivity contribution in [2.24, 2.45) is 0 Å². The summed E-state index contributed by atoms with van der Waals surface area (Å²) in [6.45, 7) is 1.32. The van der Waals surface area contributed by atoms with Gasteiger partial charge in [0.05, 0.1) is 25.9 Å². The standard InChI is InChI=1S/C19H23N3O3/c23-10-13-1-5-15(6-2-13)25-18-7-8-24-11-17(18)22-19-9-16(14-3-4-14)20-12-21-19/h1-2,5-6,9,12,14,17-18,23H,3-4,7-8,10-11H2,(H,20,21,22)/t17-,18-/m1/s1. The number of aromatic nitrogens is 2. The molecule has 2 heterocycles. The summed E-state index contributed by atoms with van der Waals surface area (Å²) >= 11 is 0. The lowest BCUT2D eigenvalue weighted by atomic mass is 10.1. The highest BCUT2D eigenvalue weighted by atomic mass is 16.5. The van der Waals surface area contributed by atoms with Gasteiger partial charge in [-0.2, -0.15) is 0 Å². The van der Waals surface area contributed by atoms with Gasteiger partial charge in [0.1, 0.15) is 24.0 Å². The van der Waals surface area contributed by atoms with E-state index < -0.39 is 0 Å². The van der Waals surface area contributed by atoms with Gasteiger partial charge in [-0.05, 0) is 30.5 Å². The molecule has 2 aromatic rings. The van der Waals surface area contributed by atoms with Crippen molar-refractivity contribution in [2.45, 2.75) is 43.9 Å². The van der Waals surface area contributed by atoms with Gasteiger partial charge in [-0.1, -0.05) is 12.1 Å². The predicted octanol–water partition coefficient (Wildman–Crippen LogP) is 2.49. The topological polar surface area (TPSA) is 76.5 Å². The Kier molecular flexibility index (Phi) is 4.81. The number of hydrogen-bond donors (Lipinski definition) is 2. The fourth-order valence-corrected chi connectivity index (χ4v) is 3.09. The van der Waals surface area contributed by atoms with Crippen molar-refractivity contribution < 1.29 is 14.6 Å². The Labute approximate surface area is 147 Å². The largest absolute Gasteiger partial charge is 0.488 e.